The molecule has 2 N–H and O–H groups in total. The number of hydrogen-bond donors (Lipinski definition) is 1. The Kier molecular flexibility index (Phi) is 4.16. The van der Waals surface area contributed by atoms with Crippen LogP contribution in [0.15, 0.2) is 18.2 Å². The molecule has 1 unspecified atom stereocenters. The minimum absolute atomic E-state index is 0.318. The lowest BCUT2D eigenvalue weighted by Crippen LogP contribution is -2.32. The van der Waals surface area contributed by atoms with Gasteiger partial charge in [0.05, 0.1) is 17.1 Å². The van der Waals surface area contributed by atoms with Crippen molar-refractivity contribution in [2.75, 3.05) is 17.7 Å². The Morgan fingerprint density at radius 3 is 2.59 bits per heavy atom. The number of anilines is 2. The molecule has 0 saturated carbocycles. The number of aryl methyl sites for hydroxylation is 2. The molecule has 0 bridgehead atoms. The van der Waals surface area contributed by atoms with Crippen LogP contribution in [0.25, 0.3) is 0 Å². The van der Waals surface area contributed by atoms with E-state index in [2.05, 4.69) is 37.4 Å². The van der Waals surface area contributed by atoms with Gasteiger partial charge >= 0.3 is 0 Å². The Hall–Kier alpha value is -1.51. The van der Waals surface area contributed by atoms with Crippen LogP contribution in [0, 0.1) is 13.8 Å². The highest BCUT2D eigenvalue weighted by Crippen LogP contribution is 2.28. The Morgan fingerprint density at radius 1 is 1.53 bits per heavy atom. The highest BCUT2D eigenvalue weighted by Gasteiger charge is 2.17. The molecule has 0 saturated heterocycles. The largest absolute Gasteiger partial charge is 0.396 e. The zero-order valence-electron chi connectivity index (χ0n) is 11.5. The second-order valence-corrected chi connectivity index (χ2v) is 4.66. The van der Waals surface area contributed by atoms with Crippen LogP contribution in [-0.4, -0.2) is 18.1 Å². The molecule has 17 heavy (non-hydrogen) atoms. The number of nitrogens with zero attached hydrogens (tertiary/aromatic N) is 2. The Labute approximate surface area is 104 Å². The number of likely N-dealkylation sites (N-methyl/N-ethyl adjacent to an activating group) is 1. The summed E-state index contributed by atoms with van der Waals surface area (Å²) < 4.78 is 0. The molecular formula is C14H23N3. The van der Waals surface area contributed by atoms with Crippen LogP contribution in [0.2, 0.25) is 0 Å². The average Bonchev–Trinajstić information content (AvgIpc) is 2.23. The number of nitrogen functional groups attached to an aromatic ring is 1. The molecule has 0 amide bonds. The molecule has 1 heterocycles. The maximum Gasteiger partial charge on any atom is 0.0768 e. The predicted molar refractivity (Wildman–Crippen MR) is 75.4 cm³/mol. The van der Waals surface area contributed by atoms with Crippen LogP contribution in [0.5, 0.6) is 0 Å². The highest BCUT2D eigenvalue weighted by molar-refractivity contribution is 5.70. The molecule has 1 aromatic rings. The summed E-state index contributed by atoms with van der Waals surface area (Å²) >= 11 is 0. The van der Waals surface area contributed by atoms with Crippen molar-refractivity contribution in [3.63, 3.8) is 0 Å². The van der Waals surface area contributed by atoms with E-state index in [4.69, 9.17) is 5.73 Å². The second-order valence-electron chi connectivity index (χ2n) is 4.66. The summed E-state index contributed by atoms with van der Waals surface area (Å²) in [6, 6.07) is 2.35. The van der Waals surface area contributed by atoms with E-state index >= 15 is 0 Å². The van der Waals surface area contributed by atoms with Crippen molar-refractivity contribution in [3.05, 3.63) is 29.6 Å². The molecule has 0 fully saturated rings. The molecule has 3 heteroatoms. The monoisotopic (exact) mass is 233 g/mol. The summed E-state index contributed by atoms with van der Waals surface area (Å²) in [5, 5.41) is 0. The van der Waals surface area contributed by atoms with Crippen molar-refractivity contribution in [1.29, 1.82) is 0 Å². The summed E-state index contributed by atoms with van der Waals surface area (Å²) in [7, 11) is 2.06. The Balaban J connectivity index is 3.19. The van der Waals surface area contributed by atoms with Crippen LogP contribution in [-0.2, 0) is 0 Å². The number of pyridine rings is 1. The van der Waals surface area contributed by atoms with Crippen molar-refractivity contribution in [2.24, 2.45) is 0 Å². The van der Waals surface area contributed by atoms with Crippen molar-refractivity contribution >= 4 is 11.4 Å². The molecule has 0 aliphatic carbocycles. The van der Waals surface area contributed by atoms with Gasteiger partial charge in [-0.1, -0.05) is 19.1 Å². The molecule has 0 aliphatic heterocycles. The standard InChI is InChI=1S/C14H23N3/c1-7-12(9(2)3)17(6)13-8-10(4)16-11(5)14(13)15/h8,12H,2,7,15H2,1,3-6H3. The van der Waals surface area contributed by atoms with E-state index in [0.29, 0.717) is 6.04 Å². The third-order valence-corrected chi connectivity index (χ3v) is 3.16. The van der Waals surface area contributed by atoms with Gasteiger partial charge in [0.2, 0.25) is 0 Å². The van der Waals surface area contributed by atoms with Crippen molar-refractivity contribution in [1.82, 2.24) is 4.98 Å². The fourth-order valence-electron chi connectivity index (χ4n) is 2.23. The fraction of sp³-hybridized carbons (Fsp3) is 0.500. The fourth-order valence-corrected chi connectivity index (χ4v) is 2.23. The van der Waals surface area contributed by atoms with Gasteiger partial charge in [0, 0.05) is 18.8 Å². The van der Waals surface area contributed by atoms with E-state index in [9.17, 15) is 0 Å². The quantitative estimate of drug-likeness (QED) is 0.813. The normalized spacial score (nSPS) is 12.3. The Morgan fingerprint density at radius 2 is 2.12 bits per heavy atom. The summed E-state index contributed by atoms with van der Waals surface area (Å²) in [6.45, 7) is 12.2. The van der Waals surface area contributed by atoms with Crippen molar-refractivity contribution in [2.45, 2.75) is 40.2 Å². The topological polar surface area (TPSA) is 42.2 Å². The lowest BCUT2D eigenvalue weighted by molar-refractivity contribution is 0.689. The molecule has 3 nitrogen and oxygen atoms in total. The maximum atomic E-state index is 6.11. The third-order valence-electron chi connectivity index (χ3n) is 3.16. The third kappa shape index (κ3) is 2.78. The van der Waals surface area contributed by atoms with Crippen molar-refractivity contribution < 1.29 is 0 Å². The van der Waals surface area contributed by atoms with Crippen LogP contribution in [0.1, 0.15) is 31.7 Å². The lowest BCUT2D eigenvalue weighted by Gasteiger charge is -2.31. The molecule has 1 aromatic heterocycles. The van der Waals surface area contributed by atoms with Crippen LogP contribution >= 0.6 is 0 Å². The van der Waals surface area contributed by atoms with E-state index in [1.54, 1.807) is 0 Å². The zero-order valence-corrected chi connectivity index (χ0v) is 11.5. The van der Waals surface area contributed by atoms with Gasteiger partial charge in [-0.2, -0.15) is 0 Å². The second kappa shape index (κ2) is 5.21. The number of rotatable bonds is 4. The van der Waals surface area contributed by atoms with Gasteiger partial charge in [-0.15, -0.1) is 0 Å². The van der Waals surface area contributed by atoms with Crippen LogP contribution in [0.3, 0.4) is 0 Å². The van der Waals surface area contributed by atoms with Crippen LogP contribution in [0.4, 0.5) is 11.4 Å². The SMILES string of the molecule is C=C(C)C(CC)N(C)c1cc(C)nc(C)c1N. The molecule has 1 rings (SSSR count). The summed E-state index contributed by atoms with van der Waals surface area (Å²) in [5.41, 5.74) is 11.0. The van der Waals surface area contributed by atoms with Gasteiger partial charge in [0.15, 0.2) is 0 Å². The summed E-state index contributed by atoms with van der Waals surface area (Å²) in [5.74, 6) is 0. The van der Waals surface area contributed by atoms with E-state index < -0.39 is 0 Å². The van der Waals surface area contributed by atoms with E-state index in [1.165, 1.54) is 0 Å². The van der Waals surface area contributed by atoms with Gasteiger partial charge in [0.25, 0.3) is 0 Å². The first kappa shape index (κ1) is 13.6. The first-order valence-electron chi connectivity index (χ1n) is 6.00. The minimum Gasteiger partial charge on any atom is -0.396 e. The summed E-state index contributed by atoms with van der Waals surface area (Å²) in [6.07, 6.45) is 1.02. The van der Waals surface area contributed by atoms with Crippen molar-refractivity contribution in [3.8, 4) is 0 Å². The van der Waals surface area contributed by atoms with Crippen LogP contribution < -0.4 is 10.6 Å². The number of aromatic nitrogens is 1. The molecule has 0 radical (unpaired) electrons. The van der Waals surface area contributed by atoms with Gasteiger partial charge in [0.1, 0.15) is 0 Å². The zero-order chi connectivity index (χ0) is 13.2. The lowest BCUT2D eigenvalue weighted by atomic mass is 10.1. The minimum atomic E-state index is 0.318. The summed E-state index contributed by atoms with van der Waals surface area (Å²) in [4.78, 5) is 6.57. The molecule has 0 spiro atoms. The molecule has 1 atom stereocenters. The highest BCUT2D eigenvalue weighted by atomic mass is 15.1. The maximum absolute atomic E-state index is 6.11. The average molecular weight is 233 g/mol. The van der Waals surface area contributed by atoms with Gasteiger partial charge in [-0.05, 0) is 33.3 Å². The van der Waals surface area contributed by atoms with E-state index in [-0.39, 0.29) is 0 Å². The first-order valence-corrected chi connectivity index (χ1v) is 6.00. The van der Waals surface area contributed by atoms with E-state index in [0.717, 1.165) is 34.8 Å². The molecule has 0 aliphatic rings. The number of nitrogens with two attached hydrogens (primary N) is 1. The van der Waals surface area contributed by atoms with Gasteiger partial charge in [-0.3, -0.25) is 4.98 Å². The van der Waals surface area contributed by atoms with E-state index in [1.807, 2.05) is 19.9 Å². The smallest absolute Gasteiger partial charge is 0.0768 e. The predicted octanol–water partition coefficient (Wildman–Crippen LogP) is 3.07. The van der Waals surface area contributed by atoms with Gasteiger partial charge < -0.3 is 10.6 Å². The van der Waals surface area contributed by atoms with Gasteiger partial charge in [-0.25, -0.2) is 0 Å². The first-order chi connectivity index (χ1) is 7.88. The molecule has 94 valence electrons. The molecular weight excluding hydrogens is 210 g/mol. The number of hydrogen-bond acceptors (Lipinski definition) is 3. The molecule has 0 aromatic carbocycles. The Bertz CT molecular complexity index is 424.